The molecular weight excluding hydrogens is 257 g/mol. The summed E-state index contributed by atoms with van der Waals surface area (Å²) >= 11 is 5.86. The summed E-state index contributed by atoms with van der Waals surface area (Å²) in [6.45, 7) is 3.79. The predicted octanol–water partition coefficient (Wildman–Crippen LogP) is 3.06. The number of carbonyl (C=O) groups is 1. The average Bonchev–Trinajstić information content (AvgIpc) is 2.36. The summed E-state index contributed by atoms with van der Waals surface area (Å²) in [4.78, 5) is 12.0. The fourth-order valence-electron chi connectivity index (χ4n) is 1.69. The molecule has 0 aromatic heterocycles. The van der Waals surface area contributed by atoms with Crippen LogP contribution < -0.4 is 5.32 Å². The van der Waals surface area contributed by atoms with Crippen molar-refractivity contribution in [2.45, 2.75) is 32.2 Å². The maximum atomic E-state index is 13.5. The largest absolute Gasteiger partial charge is 0.507 e. The van der Waals surface area contributed by atoms with E-state index in [1.807, 2.05) is 13.8 Å². The Morgan fingerprint density at radius 3 is 2.50 bits per heavy atom. The molecule has 0 atom stereocenters. The Hall–Kier alpha value is -1.29. The van der Waals surface area contributed by atoms with Crippen molar-refractivity contribution >= 4 is 17.5 Å². The molecule has 0 radical (unpaired) electrons. The summed E-state index contributed by atoms with van der Waals surface area (Å²) in [5.74, 6) is -1.53. The molecule has 2 N–H and O–H groups in total. The van der Waals surface area contributed by atoms with Gasteiger partial charge < -0.3 is 10.4 Å². The molecule has 0 aliphatic carbocycles. The number of alkyl halides is 1. The van der Waals surface area contributed by atoms with Gasteiger partial charge in [0.25, 0.3) is 5.91 Å². The Morgan fingerprint density at radius 1 is 1.44 bits per heavy atom. The van der Waals surface area contributed by atoms with Crippen LogP contribution in [0, 0.1) is 5.82 Å². The zero-order chi connectivity index (χ0) is 13.8. The number of hydrogen-bond acceptors (Lipinski definition) is 2. The third kappa shape index (κ3) is 2.93. The highest BCUT2D eigenvalue weighted by Crippen LogP contribution is 2.23. The van der Waals surface area contributed by atoms with E-state index in [-0.39, 0.29) is 17.2 Å². The lowest BCUT2D eigenvalue weighted by Gasteiger charge is -2.30. The van der Waals surface area contributed by atoms with E-state index in [1.54, 1.807) is 0 Å². The summed E-state index contributed by atoms with van der Waals surface area (Å²) in [5, 5.41) is 12.2. The summed E-state index contributed by atoms with van der Waals surface area (Å²) in [7, 11) is 0. The quantitative estimate of drug-likeness (QED) is 0.810. The first-order valence-corrected chi connectivity index (χ1v) is 6.39. The minimum Gasteiger partial charge on any atom is -0.507 e. The van der Waals surface area contributed by atoms with Crippen LogP contribution in [0.4, 0.5) is 4.39 Å². The molecule has 0 saturated carbocycles. The van der Waals surface area contributed by atoms with E-state index in [2.05, 4.69) is 5.32 Å². The maximum absolute atomic E-state index is 13.5. The number of benzene rings is 1. The first kappa shape index (κ1) is 14.8. The number of carbonyl (C=O) groups excluding carboxylic acids is 1. The highest BCUT2D eigenvalue weighted by molar-refractivity contribution is 6.19. The summed E-state index contributed by atoms with van der Waals surface area (Å²) < 4.78 is 13.5. The molecule has 1 aromatic rings. The van der Waals surface area contributed by atoms with Gasteiger partial charge in [0.1, 0.15) is 17.1 Å². The van der Waals surface area contributed by atoms with Gasteiger partial charge in [-0.1, -0.05) is 19.9 Å². The number of phenols is 1. The first-order chi connectivity index (χ1) is 8.49. The zero-order valence-corrected chi connectivity index (χ0v) is 11.2. The van der Waals surface area contributed by atoms with Gasteiger partial charge in [0.2, 0.25) is 0 Å². The van der Waals surface area contributed by atoms with Gasteiger partial charge in [0, 0.05) is 5.88 Å². The predicted molar refractivity (Wildman–Crippen MR) is 69.6 cm³/mol. The van der Waals surface area contributed by atoms with Gasteiger partial charge in [-0.3, -0.25) is 4.79 Å². The van der Waals surface area contributed by atoms with E-state index in [4.69, 9.17) is 11.6 Å². The van der Waals surface area contributed by atoms with Crippen LogP contribution in [-0.4, -0.2) is 22.4 Å². The highest BCUT2D eigenvalue weighted by Gasteiger charge is 2.29. The van der Waals surface area contributed by atoms with Crippen molar-refractivity contribution in [3.8, 4) is 5.75 Å². The lowest BCUT2D eigenvalue weighted by atomic mass is 9.94. The Labute approximate surface area is 111 Å². The lowest BCUT2D eigenvalue weighted by molar-refractivity contribution is 0.0895. The average molecular weight is 274 g/mol. The Balaban J connectivity index is 3.02. The van der Waals surface area contributed by atoms with Crippen molar-refractivity contribution in [2.24, 2.45) is 0 Å². The van der Waals surface area contributed by atoms with E-state index >= 15 is 0 Å². The van der Waals surface area contributed by atoms with Crippen LogP contribution in [0.15, 0.2) is 18.2 Å². The number of amides is 1. The SMILES string of the molecule is CCC(CC)(CCl)NC(=O)c1c(O)cccc1F. The van der Waals surface area contributed by atoms with Crippen molar-refractivity contribution < 1.29 is 14.3 Å². The minimum atomic E-state index is -0.747. The summed E-state index contributed by atoms with van der Waals surface area (Å²) in [6.07, 6.45) is 1.27. The molecule has 0 aliphatic rings. The molecule has 0 aliphatic heterocycles. The van der Waals surface area contributed by atoms with Gasteiger partial charge in [-0.2, -0.15) is 0 Å². The van der Waals surface area contributed by atoms with Gasteiger partial charge in [-0.05, 0) is 25.0 Å². The second-order valence-electron chi connectivity index (χ2n) is 4.21. The van der Waals surface area contributed by atoms with Crippen LogP contribution >= 0.6 is 11.6 Å². The molecular formula is C13H17ClFNO2. The number of phenolic OH excluding ortho intramolecular Hbond substituents is 1. The maximum Gasteiger partial charge on any atom is 0.258 e. The van der Waals surface area contributed by atoms with E-state index in [1.165, 1.54) is 12.1 Å². The van der Waals surface area contributed by atoms with Gasteiger partial charge in [0.15, 0.2) is 0 Å². The van der Waals surface area contributed by atoms with Crippen LogP contribution in [-0.2, 0) is 0 Å². The molecule has 5 heteroatoms. The molecule has 100 valence electrons. The van der Waals surface area contributed by atoms with Crippen molar-refractivity contribution in [3.05, 3.63) is 29.6 Å². The standard InChI is InChI=1S/C13H17ClFNO2/c1-3-13(4-2,8-14)16-12(18)11-9(15)6-5-7-10(11)17/h5-7,17H,3-4,8H2,1-2H3,(H,16,18). The van der Waals surface area contributed by atoms with Crippen molar-refractivity contribution in [1.82, 2.24) is 5.32 Å². The van der Waals surface area contributed by atoms with Crippen LogP contribution in [0.2, 0.25) is 0 Å². The Kier molecular flexibility index (Phi) is 4.96. The van der Waals surface area contributed by atoms with Gasteiger partial charge in [-0.25, -0.2) is 4.39 Å². The molecule has 1 aromatic carbocycles. The number of nitrogens with one attached hydrogen (secondary N) is 1. The molecule has 0 heterocycles. The molecule has 1 amide bonds. The second kappa shape index (κ2) is 6.05. The number of hydrogen-bond donors (Lipinski definition) is 2. The van der Waals surface area contributed by atoms with E-state index < -0.39 is 17.3 Å². The highest BCUT2D eigenvalue weighted by atomic mass is 35.5. The third-order valence-electron chi connectivity index (χ3n) is 3.21. The molecule has 0 saturated heterocycles. The zero-order valence-electron chi connectivity index (χ0n) is 10.5. The first-order valence-electron chi connectivity index (χ1n) is 5.85. The molecule has 1 rings (SSSR count). The fraction of sp³-hybridized carbons (Fsp3) is 0.462. The van der Waals surface area contributed by atoms with Crippen LogP contribution in [0.5, 0.6) is 5.75 Å². The molecule has 0 fully saturated rings. The van der Waals surface area contributed by atoms with Crippen molar-refractivity contribution in [2.75, 3.05) is 5.88 Å². The van der Waals surface area contributed by atoms with Crippen molar-refractivity contribution in [3.63, 3.8) is 0 Å². The molecule has 0 spiro atoms. The number of aromatic hydroxyl groups is 1. The van der Waals surface area contributed by atoms with E-state index in [0.717, 1.165) is 6.07 Å². The third-order valence-corrected chi connectivity index (χ3v) is 3.72. The monoisotopic (exact) mass is 273 g/mol. The molecule has 3 nitrogen and oxygen atoms in total. The van der Waals surface area contributed by atoms with Gasteiger partial charge in [0.05, 0.1) is 5.54 Å². The summed E-state index contributed by atoms with van der Waals surface area (Å²) in [6, 6.07) is 3.75. The normalized spacial score (nSPS) is 11.3. The van der Waals surface area contributed by atoms with Crippen molar-refractivity contribution in [1.29, 1.82) is 0 Å². The summed E-state index contributed by atoms with van der Waals surface area (Å²) in [5.41, 5.74) is -0.915. The molecule has 0 unspecified atom stereocenters. The molecule has 0 bridgehead atoms. The second-order valence-corrected chi connectivity index (χ2v) is 4.48. The lowest BCUT2D eigenvalue weighted by Crippen LogP contribution is -2.49. The van der Waals surface area contributed by atoms with Crippen LogP contribution in [0.25, 0.3) is 0 Å². The minimum absolute atomic E-state index is 0.237. The Bertz CT molecular complexity index is 404. The fourth-order valence-corrected chi connectivity index (χ4v) is 2.13. The smallest absolute Gasteiger partial charge is 0.258 e. The Morgan fingerprint density at radius 2 is 2.06 bits per heavy atom. The van der Waals surface area contributed by atoms with E-state index in [0.29, 0.717) is 12.8 Å². The van der Waals surface area contributed by atoms with Crippen LogP contribution in [0.3, 0.4) is 0 Å². The van der Waals surface area contributed by atoms with E-state index in [9.17, 15) is 14.3 Å². The van der Waals surface area contributed by atoms with Gasteiger partial charge >= 0.3 is 0 Å². The molecule has 18 heavy (non-hydrogen) atoms. The number of rotatable bonds is 5. The van der Waals surface area contributed by atoms with Crippen LogP contribution in [0.1, 0.15) is 37.0 Å². The topological polar surface area (TPSA) is 49.3 Å². The van der Waals surface area contributed by atoms with Gasteiger partial charge in [-0.15, -0.1) is 11.6 Å². The number of halogens is 2.